The van der Waals surface area contributed by atoms with Crippen molar-refractivity contribution in [2.24, 2.45) is 0 Å². The Hall–Kier alpha value is -3.06. The Morgan fingerprint density at radius 2 is 1.87 bits per heavy atom. The van der Waals surface area contributed by atoms with Gasteiger partial charge in [0, 0.05) is 25.7 Å². The Labute approximate surface area is 175 Å². The number of carbonyl (C=O) groups is 2. The van der Waals surface area contributed by atoms with Crippen LogP contribution in [0.2, 0.25) is 0 Å². The number of hydrogen-bond acceptors (Lipinski definition) is 5. The molecule has 7 nitrogen and oxygen atoms in total. The van der Waals surface area contributed by atoms with E-state index in [0.29, 0.717) is 18.8 Å². The molecule has 1 aliphatic carbocycles. The van der Waals surface area contributed by atoms with Crippen LogP contribution in [0.5, 0.6) is 11.5 Å². The van der Waals surface area contributed by atoms with E-state index >= 15 is 0 Å². The van der Waals surface area contributed by atoms with E-state index < -0.39 is 6.04 Å². The SMILES string of the molecule is O=C(CC1C(=O)NCCN1C1Cc2ccccc2C1)NCc1ccc2c(c1)OCO2. The highest BCUT2D eigenvalue weighted by molar-refractivity contribution is 5.88. The quantitative estimate of drug-likeness (QED) is 0.783. The van der Waals surface area contributed by atoms with Gasteiger partial charge in [-0.1, -0.05) is 30.3 Å². The summed E-state index contributed by atoms with van der Waals surface area (Å²) >= 11 is 0. The minimum atomic E-state index is -0.435. The summed E-state index contributed by atoms with van der Waals surface area (Å²) in [6, 6.07) is 13.9. The van der Waals surface area contributed by atoms with Gasteiger partial charge in [0.15, 0.2) is 11.5 Å². The predicted octanol–water partition coefficient (Wildman–Crippen LogP) is 1.39. The second kappa shape index (κ2) is 7.99. The summed E-state index contributed by atoms with van der Waals surface area (Å²) in [4.78, 5) is 27.5. The van der Waals surface area contributed by atoms with E-state index in [1.165, 1.54) is 11.1 Å². The third-order valence-corrected chi connectivity index (χ3v) is 6.18. The normalized spacial score (nSPS) is 20.7. The van der Waals surface area contributed by atoms with Crippen LogP contribution < -0.4 is 20.1 Å². The van der Waals surface area contributed by atoms with Crippen LogP contribution in [0.3, 0.4) is 0 Å². The van der Waals surface area contributed by atoms with Crippen molar-refractivity contribution in [2.75, 3.05) is 19.9 Å². The highest BCUT2D eigenvalue weighted by Crippen LogP contribution is 2.32. The Kier molecular flexibility index (Phi) is 5.04. The molecule has 156 valence electrons. The van der Waals surface area contributed by atoms with Gasteiger partial charge in [0.25, 0.3) is 0 Å². The minimum absolute atomic E-state index is 0.0598. The standard InChI is InChI=1S/C23H25N3O4/c27-22(25-13-15-5-6-20-21(9-15)30-14-29-20)12-19-23(28)24-7-8-26(19)18-10-16-3-1-2-4-17(16)11-18/h1-6,9,18-19H,7-8,10-14H2,(H,24,28)(H,25,27). The minimum Gasteiger partial charge on any atom is -0.454 e. The number of rotatable bonds is 5. The average Bonchev–Trinajstić information content (AvgIpc) is 3.40. The molecule has 0 spiro atoms. The van der Waals surface area contributed by atoms with E-state index in [0.717, 1.165) is 30.7 Å². The lowest BCUT2D eigenvalue weighted by Gasteiger charge is -2.38. The summed E-state index contributed by atoms with van der Waals surface area (Å²) in [5, 5.41) is 5.87. The first kappa shape index (κ1) is 18.9. The molecule has 5 rings (SSSR count). The van der Waals surface area contributed by atoms with Crippen LogP contribution in [0.4, 0.5) is 0 Å². The molecule has 0 saturated carbocycles. The number of hydrogen-bond donors (Lipinski definition) is 2. The van der Waals surface area contributed by atoms with Crippen molar-refractivity contribution >= 4 is 11.8 Å². The molecule has 0 aromatic heterocycles. The molecule has 1 fully saturated rings. The Morgan fingerprint density at radius 3 is 2.67 bits per heavy atom. The van der Waals surface area contributed by atoms with Crippen molar-refractivity contribution in [1.29, 1.82) is 0 Å². The summed E-state index contributed by atoms with van der Waals surface area (Å²) in [6.45, 7) is 2.01. The summed E-state index contributed by atoms with van der Waals surface area (Å²) in [7, 11) is 0. The largest absolute Gasteiger partial charge is 0.454 e. The molecular weight excluding hydrogens is 382 g/mol. The van der Waals surface area contributed by atoms with Gasteiger partial charge in [0.05, 0.1) is 12.5 Å². The molecule has 1 atom stereocenters. The summed E-state index contributed by atoms with van der Waals surface area (Å²) < 4.78 is 10.7. The Morgan fingerprint density at radius 1 is 1.10 bits per heavy atom. The van der Waals surface area contributed by atoms with E-state index in [9.17, 15) is 9.59 Å². The number of ether oxygens (including phenoxy) is 2. The zero-order chi connectivity index (χ0) is 20.5. The van der Waals surface area contributed by atoms with Crippen LogP contribution in [-0.4, -0.2) is 48.7 Å². The molecule has 3 aliphatic rings. The molecule has 2 aliphatic heterocycles. The smallest absolute Gasteiger partial charge is 0.237 e. The zero-order valence-electron chi connectivity index (χ0n) is 16.7. The lowest BCUT2D eigenvalue weighted by atomic mass is 10.0. The molecule has 0 bridgehead atoms. The van der Waals surface area contributed by atoms with Crippen LogP contribution >= 0.6 is 0 Å². The van der Waals surface area contributed by atoms with Gasteiger partial charge in [-0.3, -0.25) is 14.5 Å². The molecule has 1 unspecified atom stereocenters. The molecule has 2 heterocycles. The maximum Gasteiger partial charge on any atom is 0.237 e. The second-order valence-corrected chi connectivity index (χ2v) is 8.04. The van der Waals surface area contributed by atoms with Gasteiger partial charge in [-0.05, 0) is 41.7 Å². The van der Waals surface area contributed by atoms with Crippen LogP contribution in [-0.2, 0) is 29.0 Å². The third kappa shape index (κ3) is 3.73. The number of fused-ring (bicyclic) bond motifs is 2. The third-order valence-electron chi connectivity index (χ3n) is 6.18. The molecular formula is C23H25N3O4. The first-order valence-electron chi connectivity index (χ1n) is 10.4. The van der Waals surface area contributed by atoms with Crippen molar-refractivity contribution < 1.29 is 19.1 Å². The Balaban J connectivity index is 1.22. The zero-order valence-corrected chi connectivity index (χ0v) is 16.7. The molecule has 2 aromatic carbocycles. The van der Waals surface area contributed by atoms with Gasteiger partial charge in [0.2, 0.25) is 18.6 Å². The van der Waals surface area contributed by atoms with Gasteiger partial charge in [0.1, 0.15) is 0 Å². The van der Waals surface area contributed by atoms with Gasteiger partial charge in [-0.25, -0.2) is 0 Å². The highest BCUT2D eigenvalue weighted by Gasteiger charge is 2.38. The van der Waals surface area contributed by atoms with E-state index in [-0.39, 0.29) is 31.1 Å². The fourth-order valence-electron chi connectivity index (χ4n) is 4.65. The van der Waals surface area contributed by atoms with Gasteiger partial charge in [-0.2, -0.15) is 0 Å². The maximum atomic E-state index is 12.7. The van der Waals surface area contributed by atoms with E-state index in [1.807, 2.05) is 18.2 Å². The summed E-state index contributed by atoms with van der Waals surface area (Å²) in [5.74, 6) is 1.23. The first-order valence-corrected chi connectivity index (χ1v) is 10.4. The number of nitrogens with zero attached hydrogens (tertiary/aromatic N) is 1. The van der Waals surface area contributed by atoms with Crippen LogP contribution in [0, 0.1) is 0 Å². The number of carbonyl (C=O) groups excluding carboxylic acids is 2. The van der Waals surface area contributed by atoms with E-state index in [4.69, 9.17) is 9.47 Å². The number of nitrogens with one attached hydrogen (secondary N) is 2. The summed E-state index contributed by atoms with van der Waals surface area (Å²) in [5.41, 5.74) is 3.63. The van der Waals surface area contributed by atoms with Crippen LogP contribution in [0.1, 0.15) is 23.1 Å². The molecule has 2 N–H and O–H groups in total. The van der Waals surface area contributed by atoms with Crippen molar-refractivity contribution in [3.63, 3.8) is 0 Å². The second-order valence-electron chi connectivity index (χ2n) is 8.04. The van der Waals surface area contributed by atoms with E-state index in [2.05, 4.69) is 39.8 Å². The van der Waals surface area contributed by atoms with Crippen molar-refractivity contribution in [1.82, 2.24) is 15.5 Å². The van der Waals surface area contributed by atoms with Crippen LogP contribution in [0.15, 0.2) is 42.5 Å². The van der Waals surface area contributed by atoms with Crippen molar-refractivity contribution in [3.05, 3.63) is 59.2 Å². The Bertz CT molecular complexity index is 952. The lowest BCUT2D eigenvalue weighted by molar-refractivity contribution is -0.135. The molecule has 30 heavy (non-hydrogen) atoms. The molecule has 2 aromatic rings. The predicted molar refractivity (Wildman–Crippen MR) is 110 cm³/mol. The van der Waals surface area contributed by atoms with Gasteiger partial charge < -0.3 is 20.1 Å². The van der Waals surface area contributed by atoms with Gasteiger partial charge in [-0.15, -0.1) is 0 Å². The highest BCUT2D eigenvalue weighted by atomic mass is 16.7. The fourth-order valence-corrected chi connectivity index (χ4v) is 4.65. The topological polar surface area (TPSA) is 79.9 Å². The van der Waals surface area contributed by atoms with Gasteiger partial charge >= 0.3 is 0 Å². The summed E-state index contributed by atoms with van der Waals surface area (Å²) in [6.07, 6.45) is 2.01. The van der Waals surface area contributed by atoms with Crippen molar-refractivity contribution in [3.8, 4) is 11.5 Å². The lowest BCUT2D eigenvalue weighted by Crippen LogP contribution is -2.59. The first-order chi connectivity index (χ1) is 14.7. The molecule has 7 heteroatoms. The average molecular weight is 407 g/mol. The molecule has 2 amide bonds. The molecule has 1 saturated heterocycles. The molecule has 0 radical (unpaired) electrons. The van der Waals surface area contributed by atoms with Crippen molar-refractivity contribution in [2.45, 2.75) is 37.9 Å². The van der Waals surface area contributed by atoms with E-state index in [1.54, 1.807) is 0 Å². The fraction of sp³-hybridized carbons (Fsp3) is 0.391. The maximum absolute atomic E-state index is 12.7. The number of benzene rings is 2. The number of piperazine rings is 1. The van der Waals surface area contributed by atoms with Crippen LogP contribution in [0.25, 0.3) is 0 Å². The number of amides is 2. The monoisotopic (exact) mass is 407 g/mol.